The summed E-state index contributed by atoms with van der Waals surface area (Å²) >= 11 is 6.98. The van der Waals surface area contributed by atoms with Crippen LogP contribution in [0.3, 0.4) is 0 Å². The van der Waals surface area contributed by atoms with Crippen molar-refractivity contribution in [2.75, 3.05) is 17.6 Å². The van der Waals surface area contributed by atoms with Crippen molar-refractivity contribution in [1.29, 1.82) is 0 Å². The molecule has 4 heteroatoms. The number of hydrogen-bond donors (Lipinski definition) is 2. The molecule has 98 valence electrons. The monoisotopic (exact) mass is 280 g/mol. The van der Waals surface area contributed by atoms with Crippen LogP contribution in [-0.2, 0) is 0 Å². The predicted octanol–water partition coefficient (Wildman–Crippen LogP) is 3.64. The third kappa shape index (κ3) is 3.18. The number of hydrogen-bond acceptors (Lipinski definition) is 3. The average Bonchev–Trinajstić information content (AvgIpc) is 3.05. The highest BCUT2D eigenvalue weighted by atomic mass is 32.2. The van der Waals surface area contributed by atoms with Crippen LogP contribution in [0.5, 0.6) is 0 Å². The minimum absolute atomic E-state index is 0.474. The normalized spacial score (nSPS) is 16.3. The Morgan fingerprint density at radius 3 is 2.78 bits per heavy atom. The molecule has 0 amide bonds. The maximum atomic E-state index is 5.88. The van der Waals surface area contributed by atoms with Gasteiger partial charge in [0.15, 0.2) is 0 Å². The van der Waals surface area contributed by atoms with Gasteiger partial charge in [0.25, 0.3) is 0 Å². The summed E-state index contributed by atoms with van der Waals surface area (Å²) < 4.78 is 0. The van der Waals surface area contributed by atoms with E-state index in [4.69, 9.17) is 18.0 Å². The second-order valence-corrected chi connectivity index (χ2v) is 6.89. The Bertz CT molecular complexity index is 453. The van der Waals surface area contributed by atoms with Gasteiger partial charge in [-0.15, -0.1) is 11.8 Å². The smallest absolute Gasteiger partial charge is 0.107 e. The number of nitrogens with two attached hydrogens (primary N) is 1. The molecule has 1 saturated carbocycles. The van der Waals surface area contributed by atoms with E-state index < -0.39 is 0 Å². The predicted molar refractivity (Wildman–Crippen MR) is 84.6 cm³/mol. The quantitative estimate of drug-likeness (QED) is 0.616. The molecule has 0 unspecified atom stereocenters. The van der Waals surface area contributed by atoms with E-state index in [0.29, 0.717) is 10.4 Å². The Labute approximate surface area is 119 Å². The fourth-order valence-corrected chi connectivity index (χ4v) is 3.04. The summed E-state index contributed by atoms with van der Waals surface area (Å²) in [6, 6.07) is 6.23. The lowest BCUT2D eigenvalue weighted by atomic mass is 10.1. The Balaban J connectivity index is 2.21. The molecule has 1 aromatic carbocycles. The molecule has 1 fully saturated rings. The molecule has 1 aliphatic rings. The van der Waals surface area contributed by atoms with Crippen LogP contribution in [0.25, 0.3) is 0 Å². The number of nitrogens with one attached hydrogen (secondary N) is 1. The molecule has 18 heavy (non-hydrogen) atoms. The van der Waals surface area contributed by atoms with Gasteiger partial charge < -0.3 is 11.1 Å². The average molecular weight is 280 g/mol. The highest BCUT2D eigenvalue weighted by Gasteiger charge is 2.36. The van der Waals surface area contributed by atoms with Crippen LogP contribution in [-0.4, -0.2) is 17.3 Å². The number of thiocarbonyl (C=S) groups is 1. The van der Waals surface area contributed by atoms with Crippen molar-refractivity contribution in [2.24, 2.45) is 11.1 Å². The summed E-state index contributed by atoms with van der Waals surface area (Å²) in [5.41, 5.74) is 8.43. The first-order valence-corrected chi connectivity index (χ1v) is 7.74. The zero-order valence-corrected chi connectivity index (χ0v) is 12.6. The standard InChI is InChI=1S/C14H20N2S2/c1-3-18-11-6-4-5-10(12(11)13(15)17)16-9-14(2)7-8-14/h4-6,16H,3,7-9H2,1-2H3,(H2,15,17). The van der Waals surface area contributed by atoms with Gasteiger partial charge in [-0.1, -0.05) is 32.1 Å². The molecule has 0 saturated heterocycles. The molecule has 0 heterocycles. The van der Waals surface area contributed by atoms with E-state index in [1.54, 1.807) is 11.8 Å². The molecule has 0 aliphatic heterocycles. The molecule has 0 bridgehead atoms. The fourth-order valence-electron chi connectivity index (χ4n) is 1.91. The number of thioether (sulfide) groups is 1. The molecule has 0 aromatic heterocycles. The number of rotatable bonds is 6. The van der Waals surface area contributed by atoms with E-state index in [2.05, 4.69) is 37.4 Å². The Morgan fingerprint density at radius 1 is 1.50 bits per heavy atom. The van der Waals surface area contributed by atoms with Gasteiger partial charge in [-0.2, -0.15) is 0 Å². The van der Waals surface area contributed by atoms with Gasteiger partial charge in [-0.3, -0.25) is 0 Å². The van der Waals surface area contributed by atoms with E-state index in [1.807, 2.05) is 0 Å². The van der Waals surface area contributed by atoms with Crippen LogP contribution >= 0.6 is 24.0 Å². The number of benzene rings is 1. The van der Waals surface area contributed by atoms with Crippen LogP contribution < -0.4 is 11.1 Å². The Hall–Kier alpha value is -0.740. The van der Waals surface area contributed by atoms with Crippen LogP contribution in [0.4, 0.5) is 5.69 Å². The van der Waals surface area contributed by atoms with Crippen LogP contribution in [0.1, 0.15) is 32.3 Å². The van der Waals surface area contributed by atoms with Crippen LogP contribution in [0, 0.1) is 5.41 Å². The summed E-state index contributed by atoms with van der Waals surface area (Å²) in [7, 11) is 0. The molecular formula is C14H20N2S2. The third-order valence-corrected chi connectivity index (χ3v) is 4.53. The highest BCUT2D eigenvalue weighted by molar-refractivity contribution is 7.99. The minimum atomic E-state index is 0.474. The maximum absolute atomic E-state index is 5.88. The second-order valence-electron chi connectivity index (χ2n) is 5.14. The SMILES string of the molecule is CCSc1cccc(NCC2(C)CC2)c1C(N)=S. The largest absolute Gasteiger partial charge is 0.389 e. The minimum Gasteiger partial charge on any atom is -0.389 e. The van der Waals surface area contributed by atoms with Crippen molar-refractivity contribution in [3.8, 4) is 0 Å². The molecule has 0 spiro atoms. The van der Waals surface area contributed by atoms with E-state index in [0.717, 1.165) is 23.5 Å². The van der Waals surface area contributed by atoms with Crippen molar-refractivity contribution < 1.29 is 0 Å². The molecule has 2 rings (SSSR count). The maximum Gasteiger partial charge on any atom is 0.107 e. The van der Waals surface area contributed by atoms with Crippen molar-refractivity contribution in [2.45, 2.75) is 31.6 Å². The van der Waals surface area contributed by atoms with Gasteiger partial charge in [0, 0.05) is 22.7 Å². The lowest BCUT2D eigenvalue weighted by molar-refractivity contribution is 0.610. The van der Waals surface area contributed by atoms with Gasteiger partial charge in [0.1, 0.15) is 4.99 Å². The topological polar surface area (TPSA) is 38.0 Å². The van der Waals surface area contributed by atoms with Crippen LogP contribution in [0.2, 0.25) is 0 Å². The summed E-state index contributed by atoms with van der Waals surface area (Å²) in [6.45, 7) is 5.45. The summed E-state index contributed by atoms with van der Waals surface area (Å²) in [4.78, 5) is 1.66. The van der Waals surface area contributed by atoms with Gasteiger partial charge in [-0.05, 0) is 36.1 Å². The lowest BCUT2D eigenvalue weighted by Gasteiger charge is -2.17. The second kappa shape index (κ2) is 5.49. The first-order chi connectivity index (χ1) is 8.56. The van der Waals surface area contributed by atoms with Gasteiger partial charge in [0.2, 0.25) is 0 Å². The van der Waals surface area contributed by atoms with Gasteiger partial charge in [0.05, 0.1) is 0 Å². The molecular weight excluding hydrogens is 260 g/mol. The number of anilines is 1. The lowest BCUT2D eigenvalue weighted by Crippen LogP contribution is -2.18. The molecule has 2 nitrogen and oxygen atoms in total. The van der Waals surface area contributed by atoms with E-state index in [9.17, 15) is 0 Å². The molecule has 0 atom stereocenters. The van der Waals surface area contributed by atoms with Crippen molar-refractivity contribution in [3.05, 3.63) is 23.8 Å². The zero-order chi connectivity index (χ0) is 13.2. The molecule has 1 aromatic rings. The Kier molecular flexibility index (Phi) is 4.17. The first-order valence-electron chi connectivity index (χ1n) is 6.35. The Morgan fingerprint density at radius 2 is 2.22 bits per heavy atom. The third-order valence-electron chi connectivity index (χ3n) is 3.38. The van der Waals surface area contributed by atoms with Crippen molar-refractivity contribution in [1.82, 2.24) is 0 Å². The van der Waals surface area contributed by atoms with E-state index in [1.165, 1.54) is 17.7 Å². The molecule has 0 radical (unpaired) electrons. The molecule has 3 N–H and O–H groups in total. The fraction of sp³-hybridized carbons (Fsp3) is 0.500. The van der Waals surface area contributed by atoms with Crippen LogP contribution in [0.15, 0.2) is 23.1 Å². The summed E-state index contributed by atoms with van der Waals surface area (Å²) in [6.07, 6.45) is 2.62. The highest BCUT2D eigenvalue weighted by Crippen LogP contribution is 2.45. The van der Waals surface area contributed by atoms with Gasteiger partial charge in [-0.25, -0.2) is 0 Å². The van der Waals surface area contributed by atoms with E-state index in [-0.39, 0.29) is 0 Å². The zero-order valence-electron chi connectivity index (χ0n) is 11.0. The van der Waals surface area contributed by atoms with E-state index >= 15 is 0 Å². The van der Waals surface area contributed by atoms with Crippen molar-refractivity contribution >= 4 is 34.7 Å². The van der Waals surface area contributed by atoms with Crippen molar-refractivity contribution in [3.63, 3.8) is 0 Å². The molecule has 1 aliphatic carbocycles. The summed E-state index contributed by atoms with van der Waals surface area (Å²) in [5.74, 6) is 1.02. The summed E-state index contributed by atoms with van der Waals surface area (Å²) in [5, 5.41) is 3.52. The van der Waals surface area contributed by atoms with Gasteiger partial charge >= 0.3 is 0 Å². The first kappa shape index (κ1) is 13.7.